The quantitative estimate of drug-likeness (QED) is 0.470. The number of aliphatic hydroxyl groups is 3. The lowest BCUT2D eigenvalue weighted by Gasteiger charge is -2.18. The molecule has 8 nitrogen and oxygen atoms in total. The molecule has 2 fully saturated rings. The second kappa shape index (κ2) is 8.28. The predicted molar refractivity (Wildman–Crippen MR) is 112 cm³/mol. The van der Waals surface area contributed by atoms with Crippen molar-refractivity contribution < 1.29 is 33.6 Å². The normalized spacial score (nSPS) is 25.7. The van der Waals surface area contributed by atoms with Crippen LogP contribution in [0.4, 0.5) is 14.5 Å². The fraction of sp³-hybridized carbons (Fsp3) is 0.409. The van der Waals surface area contributed by atoms with Crippen LogP contribution >= 0.6 is 0 Å². The summed E-state index contributed by atoms with van der Waals surface area (Å²) in [6.07, 6.45) is -2.31. The SMILES string of the molecule is OC[C@H]1OC[C@@H](Oc2nc3c(F)c(-c4ccc(N5CC[C@@H](O)C5)cc4)c(F)cc3[nH]2)[C@@H]1O. The Hall–Kier alpha value is -2.79. The number of nitrogens with one attached hydrogen (secondary N) is 1. The number of rotatable bonds is 5. The summed E-state index contributed by atoms with van der Waals surface area (Å²) in [5.41, 5.74) is 1.07. The molecule has 0 amide bonds. The molecule has 10 heteroatoms. The standard InChI is InChI=1S/C22H23F2N3O5/c23-14-7-15-20(26-22(25-15)32-17-10-31-16(9-28)21(17)30)19(24)18(14)11-1-3-12(4-2-11)27-6-5-13(29)8-27/h1-4,7,13,16-17,21,28-30H,5-6,8-10H2,(H,25,26)/t13-,16-,17-,21-/m1/s1. The highest BCUT2D eigenvalue weighted by atomic mass is 19.1. The van der Waals surface area contributed by atoms with E-state index in [1.54, 1.807) is 24.3 Å². The largest absolute Gasteiger partial charge is 0.456 e. The third-order valence-electron chi connectivity index (χ3n) is 6.01. The fourth-order valence-electron chi connectivity index (χ4n) is 4.26. The third-order valence-corrected chi connectivity index (χ3v) is 6.01. The Labute approximate surface area is 182 Å². The van der Waals surface area contributed by atoms with Gasteiger partial charge < -0.3 is 34.7 Å². The van der Waals surface area contributed by atoms with Gasteiger partial charge in [-0.05, 0) is 24.1 Å². The van der Waals surface area contributed by atoms with Crippen molar-refractivity contribution in [3.8, 4) is 17.1 Å². The van der Waals surface area contributed by atoms with Crippen molar-refractivity contribution in [1.82, 2.24) is 9.97 Å². The van der Waals surface area contributed by atoms with Crippen LogP contribution in [0.5, 0.6) is 6.01 Å². The van der Waals surface area contributed by atoms with E-state index in [4.69, 9.17) is 14.6 Å². The van der Waals surface area contributed by atoms with Crippen LogP contribution in [0.25, 0.3) is 22.2 Å². The summed E-state index contributed by atoms with van der Waals surface area (Å²) in [4.78, 5) is 8.82. The Balaban J connectivity index is 1.42. The number of benzene rings is 2. The molecule has 0 bridgehead atoms. The smallest absolute Gasteiger partial charge is 0.295 e. The van der Waals surface area contributed by atoms with Crippen LogP contribution in [0.1, 0.15) is 6.42 Å². The van der Waals surface area contributed by atoms with Gasteiger partial charge in [-0.3, -0.25) is 0 Å². The number of H-pyrrole nitrogens is 1. The van der Waals surface area contributed by atoms with E-state index in [1.807, 2.05) is 4.90 Å². The fourth-order valence-corrected chi connectivity index (χ4v) is 4.26. The molecule has 2 saturated heterocycles. The Kier molecular flexibility index (Phi) is 5.46. The number of aromatic amines is 1. The van der Waals surface area contributed by atoms with E-state index in [1.165, 1.54) is 0 Å². The number of hydrogen-bond donors (Lipinski definition) is 4. The minimum atomic E-state index is -1.07. The van der Waals surface area contributed by atoms with Gasteiger partial charge in [0.25, 0.3) is 6.01 Å². The van der Waals surface area contributed by atoms with E-state index in [9.17, 15) is 14.6 Å². The van der Waals surface area contributed by atoms with Crippen LogP contribution in [-0.4, -0.2) is 76.0 Å². The van der Waals surface area contributed by atoms with Crippen LogP contribution in [-0.2, 0) is 4.74 Å². The van der Waals surface area contributed by atoms with Gasteiger partial charge in [0.2, 0.25) is 0 Å². The van der Waals surface area contributed by atoms with Crippen LogP contribution in [0.2, 0.25) is 0 Å². The molecular weight excluding hydrogens is 424 g/mol. The second-order valence-electron chi connectivity index (χ2n) is 8.12. The Bertz CT molecular complexity index is 1120. The number of imidazole rings is 1. The summed E-state index contributed by atoms with van der Waals surface area (Å²) < 4.78 is 40.9. The molecule has 3 aromatic rings. The summed E-state index contributed by atoms with van der Waals surface area (Å²) in [5.74, 6) is -1.58. The second-order valence-corrected chi connectivity index (χ2v) is 8.12. The van der Waals surface area contributed by atoms with Crippen molar-refractivity contribution in [2.75, 3.05) is 31.2 Å². The molecule has 0 spiro atoms. The molecule has 170 valence electrons. The average molecular weight is 447 g/mol. The van der Waals surface area contributed by atoms with Gasteiger partial charge in [0.15, 0.2) is 11.9 Å². The monoisotopic (exact) mass is 447 g/mol. The molecule has 4 N–H and O–H groups in total. The molecule has 0 saturated carbocycles. The van der Waals surface area contributed by atoms with Gasteiger partial charge in [0, 0.05) is 24.8 Å². The van der Waals surface area contributed by atoms with Crippen molar-refractivity contribution in [3.05, 3.63) is 42.0 Å². The Morgan fingerprint density at radius 3 is 2.66 bits per heavy atom. The van der Waals surface area contributed by atoms with Crippen molar-refractivity contribution in [1.29, 1.82) is 0 Å². The summed E-state index contributed by atoms with van der Waals surface area (Å²) in [7, 11) is 0. The number of anilines is 1. The van der Waals surface area contributed by atoms with Crippen molar-refractivity contribution in [3.63, 3.8) is 0 Å². The van der Waals surface area contributed by atoms with Gasteiger partial charge >= 0.3 is 0 Å². The number of ether oxygens (including phenoxy) is 2. The first-order valence-corrected chi connectivity index (χ1v) is 10.4. The predicted octanol–water partition coefficient (Wildman–Crippen LogP) is 1.58. The number of fused-ring (bicyclic) bond motifs is 1. The van der Waals surface area contributed by atoms with Crippen molar-refractivity contribution in [2.24, 2.45) is 0 Å². The Morgan fingerprint density at radius 1 is 1.22 bits per heavy atom. The highest BCUT2D eigenvalue weighted by Gasteiger charge is 2.37. The van der Waals surface area contributed by atoms with E-state index in [0.29, 0.717) is 18.5 Å². The lowest BCUT2D eigenvalue weighted by molar-refractivity contribution is -0.00390. The number of β-amino-alcohol motifs (C(OH)–C–C–N with tert-alkyl or cyclic N) is 1. The van der Waals surface area contributed by atoms with Gasteiger partial charge in [0.1, 0.15) is 23.5 Å². The number of hydrogen-bond acceptors (Lipinski definition) is 7. The van der Waals surface area contributed by atoms with E-state index in [0.717, 1.165) is 18.3 Å². The molecule has 3 heterocycles. The first-order valence-electron chi connectivity index (χ1n) is 10.4. The van der Waals surface area contributed by atoms with Crippen molar-refractivity contribution >= 4 is 16.7 Å². The number of halogens is 2. The summed E-state index contributed by atoms with van der Waals surface area (Å²) >= 11 is 0. The maximum Gasteiger partial charge on any atom is 0.295 e. The van der Waals surface area contributed by atoms with Gasteiger partial charge in [-0.25, -0.2) is 8.78 Å². The third kappa shape index (κ3) is 3.69. The highest BCUT2D eigenvalue weighted by molar-refractivity contribution is 5.84. The molecule has 32 heavy (non-hydrogen) atoms. The molecular formula is C22H23F2N3O5. The van der Waals surface area contributed by atoms with Crippen LogP contribution < -0.4 is 9.64 Å². The van der Waals surface area contributed by atoms with Gasteiger partial charge in [0.05, 0.1) is 30.4 Å². The van der Waals surface area contributed by atoms with Gasteiger partial charge in [-0.2, -0.15) is 4.98 Å². The Morgan fingerprint density at radius 2 is 2.00 bits per heavy atom. The van der Waals surface area contributed by atoms with Crippen LogP contribution in [0.3, 0.4) is 0 Å². The first kappa shape index (κ1) is 21.1. The summed E-state index contributed by atoms with van der Waals surface area (Å²) in [5, 5.41) is 29.0. The lowest BCUT2D eigenvalue weighted by Crippen LogP contribution is -2.36. The number of aromatic nitrogens is 2. The van der Waals surface area contributed by atoms with Crippen LogP contribution in [0.15, 0.2) is 30.3 Å². The molecule has 1 aromatic heterocycles. The highest BCUT2D eigenvalue weighted by Crippen LogP contribution is 2.34. The van der Waals surface area contributed by atoms with Crippen molar-refractivity contribution in [2.45, 2.75) is 30.8 Å². The molecule has 2 aliphatic rings. The molecule has 2 aliphatic heterocycles. The van der Waals surface area contributed by atoms with E-state index in [2.05, 4.69) is 9.97 Å². The van der Waals surface area contributed by atoms with E-state index in [-0.39, 0.29) is 41.9 Å². The molecule has 0 unspecified atom stereocenters. The average Bonchev–Trinajstić information content (AvgIpc) is 3.48. The lowest BCUT2D eigenvalue weighted by atomic mass is 10.0. The molecule has 0 radical (unpaired) electrons. The summed E-state index contributed by atoms with van der Waals surface area (Å²) in [6.45, 7) is 0.933. The minimum absolute atomic E-state index is 0.0337. The van der Waals surface area contributed by atoms with Crippen LogP contribution in [0, 0.1) is 11.6 Å². The number of nitrogens with zero attached hydrogens (tertiary/aromatic N) is 2. The molecule has 5 rings (SSSR count). The van der Waals surface area contributed by atoms with Gasteiger partial charge in [-0.1, -0.05) is 12.1 Å². The van der Waals surface area contributed by atoms with Gasteiger partial charge in [-0.15, -0.1) is 0 Å². The zero-order chi connectivity index (χ0) is 22.4. The molecule has 4 atom stereocenters. The maximum atomic E-state index is 15.3. The molecule has 2 aromatic carbocycles. The van der Waals surface area contributed by atoms with E-state index >= 15 is 4.39 Å². The summed E-state index contributed by atoms with van der Waals surface area (Å²) in [6, 6.07) is 7.89. The maximum absolute atomic E-state index is 15.3. The number of aliphatic hydroxyl groups excluding tert-OH is 3. The molecule has 0 aliphatic carbocycles. The van der Waals surface area contributed by atoms with E-state index < -0.39 is 29.9 Å². The topological polar surface area (TPSA) is 111 Å². The zero-order valence-electron chi connectivity index (χ0n) is 17.0. The zero-order valence-corrected chi connectivity index (χ0v) is 17.0. The first-order chi connectivity index (χ1) is 15.4. The minimum Gasteiger partial charge on any atom is -0.456 e.